The molecule has 8 heteroatoms. The zero-order valence-electron chi connectivity index (χ0n) is 17.2. The van der Waals surface area contributed by atoms with Crippen molar-refractivity contribution in [1.29, 1.82) is 5.26 Å². The fourth-order valence-corrected chi connectivity index (χ4v) is 5.26. The van der Waals surface area contributed by atoms with Gasteiger partial charge in [0.25, 0.3) is 15.9 Å². The Labute approximate surface area is 172 Å². The van der Waals surface area contributed by atoms with Crippen LogP contribution in [0.25, 0.3) is 0 Å². The van der Waals surface area contributed by atoms with Gasteiger partial charge >= 0.3 is 0 Å². The molecule has 1 aromatic carbocycles. The second-order valence-electron chi connectivity index (χ2n) is 7.70. The van der Waals surface area contributed by atoms with Gasteiger partial charge in [0.05, 0.1) is 17.2 Å². The summed E-state index contributed by atoms with van der Waals surface area (Å²) in [5.41, 5.74) is 2.16. The van der Waals surface area contributed by atoms with Crippen LogP contribution in [0.15, 0.2) is 29.2 Å². The lowest BCUT2D eigenvalue weighted by atomic mass is 9.98. The number of carbonyl (C=O) groups is 1. The smallest absolute Gasteiger partial charge is 0.264 e. The highest BCUT2D eigenvalue weighted by Gasteiger charge is 2.33. The maximum absolute atomic E-state index is 13.3. The summed E-state index contributed by atoms with van der Waals surface area (Å²) >= 11 is 0. The molecule has 0 radical (unpaired) electrons. The number of piperidine rings is 1. The Morgan fingerprint density at radius 3 is 2.28 bits per heavy atom. The normalized spacial score (nSPS) is 15.2. The Morgan fingerprint density at radius 2 is 1.72 bits per heavy atom. The lowest BCUT2D eigenvalue weighted by molar-refractivity contribution is 0.0692. The molecule has 0 unspecified atom stereocenters. The third-order valence-electron chi connectivity index (χ3n) is 5.74. The Hall–Kier alpha value is -2.79. The minimum absolute atomic E-state index is 0.0190. The number of rotatable bonds is 4. The van der Waals surface area contributed by atoms with Gasteiger partial charge in [0.15, 0.2) is 0 Å². The molecule has 1 N–H and O–H groups in total. The highest BCUT2D eigenvalue weighted by molar-refractivity contribution is 7.92. The van der Waals surface area contributed by atoms with Crippen LogP contribution in [-0.2, 0) is 17.1 Å². The number of hydrogen-bond acceptors (Lipinski definition) is 4. The van der Waals surface area contributed by atoms with E-state index >= 15 is 0 Å². The first-order chi connectivity index (χ1) is 13.7. The molecule has 0 atom stereocenters. The van der Waals surface area contributed by atoms with Crippen LogP contribution in [0.4, 0.5) is 5.69 Å². The second kappa shape index (κ2) is 7.91. The van der Waals surface area contributed by atoms with E-state index in [4.69, 9.17) is 5.26 Å². The molecule has 1 aromatic heterocycles. The van der Waals surface area contributed by atoms with E-state index < -0.39 is 10.0 Å². The maximum atomic E-state index is 13.3. The molecule has 3 rings (SSSR count). The minimum atomic E-state index is -3.99. The number of benzene rings is 1. The molecule has 0 aliphatic carbocycles. The molecule has 1 fully saturated rings. The van der Waals surface area contributed by atoms with Gasteiger partial charge in [-0.2, -0.15) is 5.26 Å². The Morgan fingerprint density at radius 1 is 1.14 bits per heavy atom. The van der Waals surface area contributed by atoms with Crippen LogP contribution in [-0.4, -0.2) is 36.9 Å². The summed E-state index contributed by atoms with van der Waals surface area (Å²) in [5.74, 6) is 0.331. The van der Waals surface area contributed by atoms with Crippen molar-refractivity contribution < 1.29 is 13.2 Å². The zero-order chi connectivity index (χ0) is 21.3. The van der Waals surface area contributed by atoms with Crippen LogP contribution >= 0.6 is 0 Å². The summed E-state index contributed by atoms with van der Waals surface area (Å²) in [6.07, 6.45) is 1.84. The molecule has 0 bridgehead atoms. The molecule has 7 nitrogen and oxygen atoms in total. The molecule has 0 saturated carbocycles. The van der Waals surface area contributed by atoms with E-state index in [9.17, 15) is 13.2 Å². The first-order valence-corrected chi connectivity index (χ1v) is 11.1. The van der Waals surface area contributed by atoms with Crippen molar-refractivity contribution in [2.45, 2.75) is 38.5 Å². The van der Waals surface area contributed by atoms with Crippen LogP contribution in [0.1, 0.15) is 47.1 Å². The van der Waals surface area contributed by atoms with Crippen molar-refractivity contribution in [3.8, 4) is 6.07 Å². The summed E-state index contributed by atoms with van der Waals surface area (Å²) in [6, 6.07) is 8.16. The molecule has 29 heavy (non-hydrogen) atoms. The Kier molecular flexibility index (Phi) is 5.71. The number of sulfonamides is 1. The van der Waals surface area contributed by atoms with Gasteiger partial charge in [-0.1, -0.05) is 6.92 Å². The van der Waals surface area contributed by atoms with Crippen molar-refractivity contribution in [2.75, 3.05) is 17.8 Å². The molecular formula is C21H26N4O3S. The Bertz CT molecular complexity index is 1070. The van der Waals surface area contributed by atoms with Gasteiger partial charge < -0.3 is 9.47 Å². The number of nitriles is 1. The van der Waals surface area contributed by atoms with E-state index in [0.29, 0.717) is 41.6 Å². The number of nitrogens with one attached hydrogen (secondary N) is 1. The molecule has 154 valence electrons. The second-order valence-corrected chi connectivity index (χ2v) is 9.32. The van der Waals surface area contributed by atoms with Gasteiger partial charge in [-0.3, -0.25) is 9.52 Å². The van der Waals surface area contributed by atoms with E-state index in [1.807, 2.05) is 6.07 Å². The predicted octanol–water partition coefficient (Wildman–Crippen LogP) is 3.19. The van der Waals surface area contributed by atoms with Crippen molar-refractivity contribution in [2.24, 2.45) is 13.0 Å². The monoisotopic (exact) mass is 414 g/mol. The molecular weight excluding hydrogens is 388 g/mol. The van der Waals surface area contributed by atoms with Crippen LogP contribution in [0.5, 0.6) is 0 Å². The van der Waals surface area contributed by atoms with Crippen molar-refractivity contribution in [1.82, 2.24) is 9.47 Å². The third kappa shape index (κ3) is 4.01. The van der Waals surface area contributed by atoms with E-state index in [-0.39, 0.29) is 16.4 Å². The molecule has 2 heterocycles. The van der Waals surface area contributed by atoms with Gasteiger partial charge in [0.2, 0.25) is 0 Å². The molecule has 1 amide bonds. The van der Waals surface area contributed by atoms with Crippen LogP contribution in [0.2, 0.25) is 0 Å². The molecule has 2 aromatic rings. The Balaban J connectivity index is 2.00. The summed E-state index contributed by atoms with van der Waals surface area (Å²) in [6.45, 7) is 6.91. The highest BCUT2D eigenvalue weighted by atomic mass is 32.2. The minimum Gasteiger partial charge on any atom is -0.350 e. The first kappa shape index (κ1) is 20.9. The summed E-state index contributed by atoms with van der Waals surface area (Å²) in [7, 11) is -2.23. The van der Waals surface area contributed by atoms with Crippen LogP contribution in [0, 0.1) is 31.1 Å². The first-order valence-electron chi connectivity index (χ1n) is 9.64. The largest absolute Gasteiger partial charge is 0.350 e. The molecule has 1 aliphatic heterocycles. The number of nitrogens with zero attached hydrogens (tertiary/aromatic N) is 3. The number of anilines is 1. The third-order valence-corrected chi connectivity index (χ3v) is 7.28. The van der Waals surface area contributed by atoms with Gasteiger partial charge in [-0.15, -0.1) is 0 Å². The molecule has 1 aliphatic rings. The number of amides is 1. The maximum Gasteiger partial charge on any atom is 0.264 e. The quantitative estimate of drug-likeness (QED) is 0.831. The predicted molar refractivity (Wildman–Crippen MR) is 111 cm³/mol. The van der Waals surface area contributed by atoms with Crippen molar-refractivity contribution in [3.63, 3.8) is 0 Å². The highest BCUT2D eigenvalue weighted by Crippen LogP contribution is 2.30. The number of aromatic nitrogens is 1. The number of likely N-dealkylation sites (tertiary alicyclic amines) is 1. The van der Waals surface area contributed by atoms with E-state index in [1.165, 1.54) is 12.1 Å². The average Bonchev–Trinajstić information content (AvgIpc) is 2.93. The van der Waals surface area contributed by atoms with Gasteiger partial charge in [0, 0.05) is 37.2 Å². The standard InChI is InChI=1S/C21H26N4O3S/c1-14-9-11-25(12-10-14)21(26)19-15(2)24(4)16(3)20(19)29(27,28)23-18-7-5-17(13-22)6-8-18/h5-8,14,23H,9-12H2,1-4H3. The van der Waals surface area contributed by atoms with Gasteiger partial charge in [0.1, 0.15) is 4.90 Å². The fraction of sp³-hybridized carbons (Fsp3) is 0.429. The lowest BCUT2D eigenvalue weighted by Crippen LogP contribution is -2.38. The van der Waals surface area contributed by atoms with Crippen molar-refractivity contribution in [3.05, 3.63) is 46.8 Å². The van der Waals surface area contributed by atoms with Crippen LogP contribution < -0.4 is 4.72 Å². The summed E-state index contributed by atoms with van der Waals surface area (Å²) in [5, 5.41) is 8.91. The SMILES string of the molecule is Cc1c(C(=O)N2CCC(C)CC2)c(S(=O)(=O)Nc2ccc(C#N)cc2)c(C)n1C. The lowest BCUT2D eigenvalue weighted by Gasteiger charge is -2.30. The summed E-state index contributed by atoms with van der Waals surface area (Å²) < 4.78 is 30.8. The molecule has 0 spiro atoms. The van der Waals surface area contributed by atoms with Gasteiger partial charge in [-0.05, 0) is 56.9 Å². The van der Waals surface area contributed by atoms with E-state index in [2.05, 4.69) is 11.6 Å². The van der Waals surface area contributed by atoms with E-state index in [0.717, 1.165) is 12.8 Å². The fourth-order valence-electron chi connectivity index (χ4n) is 3.69. The van der Waals surface area contributed by atoms with Gasteiger partial charge in [-0.25, -0.2) is 8.42 Å². The summed E-state index contributed by atoms with van der Waals surface area (Å²) in [4.78, 5) is 15.1. The average molecular weight is 415 g/mol. The van der Waals surface area contributed by atoms with Crippen LogP contribution in [0.3, 0.4) is 0 Å². The number of carbonyl (C=O) groups excluding carboxylic acids is 1. The number of hydrogen-bond donors (Lipinski definition) is 1. The molecule has 1 saturated heterocycles. The topological polar surface area (TPSA) is 95.2 Å². The van der Waals surface area contributed by atoms with E-state index in [1.54, 1.807) is 42.5 Å². The zero-order valence-corrected chi connectivity index (χ0v) is 18.0. The van der Waals surface area contributed by atoms with Crippen molar-refractivity contribution >= 4 is 21.6 Å².